The van der Waals surface area contributed by atoms with Crippen LogP contribution in [0.2, 0.25) is 5.02 Å². The van der Waals surface area contributed by atoms with Gasteiger partial charge in [0.05, 0.1) is 18.2 Å². The lowest BCUT2D eigenvalue weighted by Crippen LogP contribution is -2.01. The fourth-order valence-corrected chi connectivity index (χ4v) is 1.54. The van der Waals surface area contributed by atoms with E-state index in [0.29, 0.717) is 5.56 Å². The molecule has 15 heavy (non-hydrogen) atoms. The molecule has 0 bridgehead atoms. The lowest BCUT2D eigenvalue weighted by Gasteiger charge is -2.13. The number of rotatable bonds is 4. The number of phenolic OH excluding ortho intramolecular Hbond substituents is 1. The van der Waals surface area contributed by atoms with Gasteiger partial charge in [-0.15, -0.1) is 0 Å². The molecule has 0 saturated heterocycles. The molecule has 1 atom stereocenters. The first-order valence-electron chi connectivity index (χ1n) is 4.46. The Balaban J connectivity index is 3.06. The van der Waals surface area contributed by atoms with Crippen LogP contribution in [0.4, 0.5) is 0 Å². The molecule has 0 fully saturated rings. The van der Waals surface area contributed by atoms with Gasteiger partial charge in [-0.2, -0.15) is 0 Å². The molecule has 0 aliphatic rings. The Hall–Kier alpha value is -0.970. The van der Waals surface area contributed by atoms with E-state index in [9.17, 15) is 10.2 Å². The van der Waals surface area contributed by atoms with Crippen LogP contribution in [0, 0.1) is 0 Å². The fraction of sp³-hybridized carbons (Fsp3) is 0.400. The summed E-state index contributed by atoms with van der Waals surface area (Å²) in [6.07, 6.45) is -0.717. The zero-order valence-corrected chi connectivity index (χ0v) is 9.03. The number of halogens is 1. The number of benzene rings is 1. The minimum Gasteiger partial charge on any atom is -0.503 e. The smallest absolute Gasteiger partial charge is 0.177 e. The van der Waals surface area contributed by atoms with Gasteiger partial charge in [0.1, 0.15) is 0 Å². The summed E-state index contributed by atoms with van der Waals surface area (Å²) in [6.45, 7) is -0.149. The van der Waals surface area contributed by atoms with Crippen molar-refractivity contribution in [1.29, 1.82) is 0 Å². The predicted octanol–water partition coefficient (Wildman–Crippen LogP) is 1.47. The summed E-state index contributed by atoms with van der Waals surface area (Å²) in [5, 5.41) is 27.9. The van der Waals surface area contributed by atoms with Crippen molar-refractivity contribution in [2.75, 3.05) is 13.7 Å². The third-order valence-corrected chi connectivity index (χ3v) is 2.49. The van der Waals surface area contributed by atoms with Gasteiger partial charge in [0.2, 0.25) is 0 Å². The van der Waals surface area contributed by atoms with Crippen LogP contribution in [0.3, 0.4) is 0 Å². The number of aliphatic hydroxyl groups is 2. The van der Waals surface area contributed by atoms with E-state index in [4.69, 9.17) is 21.4 Å². The Bertz CT molecular complexity index is 340. The SMILES string of the molecule is COc1ccc([C@H](O)CCO)c(Cl)c1O. The Labute approximate surface area is 92.7 Å². The molecular weight excluding hydrogens is 220 g/mol. The number of hydrogen-bond acceptors (Lipinski definition) is 4. The molecule has 0 unspecified atom stereocenters. The van der Waals surface area contributed by atoms with Crippen LogP contribution in [0.15, 0.2) is 12.1 Å². The highest BCUT2D eigenvalue weighted by atomic mass is 35.5. The summed E-state index contributed by atoms with van der Waals surface area (Å²) >= 11 is 5.84. The van der Waals surface area contributed by atoms with Crippen molar-refractivity contribution < 1.29 is 20.1 Å². The molecule has 0 aliphatic carbocycles. The van der Waals surface area contributed by atoms with Crippen LogP contribution in [0.25, 0.3) is 0 Å². The maximum Gasteiger partial charge on any atom is 0.177 e. The zero-order valence-electron chi connectivity index (χ0n) is 8.27. The summed E-state index contributed by atoms with van der Waals surface area (Å²) in [6, 6.07) is 3.07. The van der Waals surface area contributed by atoms with Crippen molar-refractivity contribution in [2.24, 2.45) is 0 Å². The predicted molar refractivity (Wildman–Crippen MR) is 56.3 cm³/mol. The third-order valence-electron chi connectivity index (χ3n) is 2.09. The fourth-order valence-electron chi connectivity index (χ4n) is 1.26. The van der Waals surface area contributed by atoms with Crippen LogP contribution in [-0.4, -0.2) is 29.0 Å². The highest BCUT2D eigenvalue weighted by Crippen LogP contribution is 2.39. The number of phenols is 1. The number of aliphatic hydroxyl groups excluding tert-OH is 2. The second-order valence-electron chi connectivity index (χ2n) is 3.05. The van der Waals surface area contributed by atoms with Crippen molar-refractivity contribution >= 4 is 11.6 Å². The summed E-state index contributed by atoms with van der Waals surface area (Å²) in [7, 11) is 1.41. The first kappa shape index (κ1) is 12.1. The topological polar surface area (TPSA) is 69.9 Å². The zero-order chi connectivity index (χ0) is 11.4. The Morgan fingerprint density at radius 3 is 2.67 bits per heavy atom. The molecule has 1 aromatic carbocycles. The van der Waals surface area contributed by atoms with E-state index in [0.717, 1.165) is 0 Å². The minimum absolute atomic E-state index is 0.0512. The van der Waals surface area contributed by atoms with Gasteiger partial charge in [-0.3, -0.25) is 0 Å². The van der Waals surface area contributed by atoms with Crippen molar-refractivity contribution in [3.63, 3.8) is 0 Å². The van der Waals surface area contributed by atoms with Crippen LogP contribution < -0.4 is 4.74 Å². The largest absolute Gasteiger partial charge is 0.503 e. The number of hydrogen-bond donors (Lipinski definition) is 3. The van der Waals surface area contributed by atoms with Gasteiger partial charge in [-0.1, -0.05) is 17.7 Å². The summed E-state index contributed by atoms with van der Waals surface area (Å²) < 4.78 is 4.86. The molecule has 0 spiro atoms. The molecule has 0 radical (unpaired) electrons. The van der Waals surface area contributed by atoms with Gasteiger partial charge in [0.15, 0.2) is 11.5 Å². The van der Waals surface area contributed by atoms with E-state index in [1.54, 1.807) is 6.07 Å². The molecule has 0 aromatic heterocycles. The van der Waals surface area contributed by atoms with Gasteiger partial charge in [0, 0.05) is 18.6 Å². The molecule has 0 aliphatic heterocycles. The molecule has 84 valence electrons. The van der Waals surface area contributed by atoms with Crippen molar-refractivity contribution in [3.8, 4) is 11.5 Å². The molecule has 1 rings (SSSR count). The Kier molecular flexibility index (Phi) is 4.20. The van der Waals surface area contributed by atoms with Crippen LogP contribution in [-0.2, 0) is 0 Å². The molecule has 0 heterocycles. The molecule has 3 N–H and O–H groups in total. The lowest BCUT2D eigenvalue weighted by molar-refractivity contribution is 0.134. The van der Waals surface area contributed by atoms with Gasteiger partial charge in [-0.25, -0.2) is 0 Å². The van der Waals surface area contributed by atoms with E-state index in [2.05, 4.69) is 0 Å². The van der Waals surface area contributed by atoms with Gasteiger partial charge in [-0.05, 0) is 6.07 Å². The summed E-state index contributed by atoms with van der Waals surface area (Å²) in [4.78, 5) is 0. The molecule has 0 amide bonds. The number of methoxy groups -OCH3 is 1. The van der Waals surface area contributed by atoms with Crippen molar-refractivity contribution in [2.45, 2.75) is 12.5 Å². The first-order valence-corrected chi connectivity index (χ1v) is 4.83. The maximum absolute atomic E-state index is 9.59. The minimum atomic E-state index is -0.890. The molecule has 1 aromatic rings. The lowest BCUT2D eigenvalue weighted by atomic mass is 10.1. The van der Waals surface area contributed by atoms with Crippen LogP contribution >= 0.6 is 11.6 Å². The van der Waals surface area contributed by atoms with E-state index in [1.807, 2.05) is 0 Å². The van der Waals surface area contributed by atoms with E-state index < -0.39 is 6.10 Å². The first-order chi connectivity index (χ1) is 7.11. The number of aromatic hydroxyl groups is 1. The van der Waals surface area contributed by atoms with Crippen molar-refractivity contribution in [3.05, 3.63) is 22.7 Å². The quantitative estimate of drug-likeness (QED) is 0.735. The molecule has 0 saturated carbocycles. The van der Waals surface area contributed by atoms with Gasteiger partial charge in [0.25, 0.3) is 0 Å². The average Bonchev–Trinajstić information content (AvgIpc) is 2.22. The average molecular weight is 233 g/mol. The second-order valence-corrected chi connectivity index (χ2v) is 3.43. The van der Waals surface area contributed by atoms with E-state index >= 15 is 0 Å². The van der Waals surface area contributed by atoms with Crippen LogP contribution in [0.1, 0.15) is 18.1 Å². The monoisotopic (exact) mass is 232 g/mol. The molecular formula is C10H13ClO4. The molecule has 5 heteroatoms. The number of ether oxygens (including phenoxy) is 1. The standard InChI is InChI=1S/C10H13ClO4/c1-15-8-3-2-6(7(13)4-5-12)9(11)10(8)14/h2-3,7,12-14H,4-5H2,1H3/t7-/m1/s1. The van der Waals surface area contributed by atoms with E-state index in [1.165, 1.54) is 13.2 Å². The Morgan fingerprint density at radius 1 is 1.47 bits per heavy atom. The summed E-state index contributed by atoms with van der Waals surface area (Å²) in [5.41, 5.74) is 0.379. The summed E-state index contributed by atoms with van der Waals surface area (Å²) in [5.74, 6) is 0.0496. The van der Waals surface area contributed by atoms with Crippen LogP contribution in [0.5, 0.6) is 11.5 Å². The van der Waals surface area contributed by atoms with Gasteiger partial charge < -0.3 is 20.1 Å². The van der Waals surface area contributed by atoms with Crippen molar-refractivity contribution in [1.82, 2.24) is 0 Å². The highest BCUT2D eigenvalue weighted by Gasteiger charge is 2.16. The maximum atomic E-state index is 9.59. The second kappa shape index (κ2) is 5.21. The normalized spacial score (nSPS) is 12.5. The van der Waals surface area contributed by atoms with Gasteiger partial charge >= 0.3 is 0 Å². The highest BCUT2D eigenvalue weighted by molar-refractivity contribution is 6.33. The third kappa shape index (κ3) is 2.53. The molecule has 4 nitrogen and oxygen atoms in total. The van der Waals surface area contributed by atoms with E-state index in [-0.39, 0.29) is 29.5 Å². The Morgan fingerprint density at radius 2 is 2.13 bits per heavy atom.